The van der Waals surface area contributed by atoms with E-state index >= 15 is 0 Å². The molecule has 0 aliphatic carbocycles. The van der Waals surface area contributed by atoms with E-state index in [0.29, 0.717) is 11.0 Å². The molecule has 13 heavy (non-hydrogen) atoms. The van der Waals surface area contributed by atoms with Gasteiger partial charge in [-0.1, -0.05) is 15.9 Å². The van der Waals surface area contributed by atoms with E-state index in [1.54, 1.807) is 6.92 Å². The standard InChI is InChI=1S/C8H9BrF2N2/c1-4-2-5(7(10)11)8(12)13-6(4)3-9/h2,7H,3H2,1H3,(H2,12,13). The van der Waals surface area contributed by atoms with Crippen LogP contribution in [0.15, 0.2) is 6.07 Å². The first kappa shape index (κ1) is 10.4. The monoisotopic (exact) mass is 250 g/mol. The molecule has 0 spiro atoms. The fourth-order valence-corrected chi connectivity index (χ4v) is 1.57. The number of halogens is 3. The first-order valence-electron chi connectivity index (χ1n) is 3.66. The van der Waals surface area contributed by atoms with Crippen molar-refractivity contribution in [2.75, 3.05) is 5.73 Å². The van der Waals surface area contributed by atoms with Gasteiger partial charge in [0.1, 0.15) is 5.82 Å². The molecule has 0 saturated carbocycles. The molecule has 0 radical (unpaired) electrons. The lowest BCUT2D eigenvalue weighted by Crippen LogP contribution is -2.02. The fourth-order valence-electron chi connectivity index (χ4n) is 0.999. The van der Waals surface area contributed by atoms with Gasteiger partial charge in [0.15, 0.2) is 0 Å². The van der Waals surface area contributed by atoms with Crippen molar-refractivity contribution in [2.45, 2.75) is 18.7 Å². The Morgan fingerprint density at radius 2 is 2.23 bits per heavy atom. The van der Waals surface area contributed by atoms with Crippen LogP contribution < -0.4 is 5.73 Å². The second-order valence-electron chi connectivity index (χ2n) is 2.66. The quantitative estimate of drug-likeness (QED) is 0.821. The average molecular weight is 251 g/mol. The molecule has 0 aromatic carbocycles. The van der Waals surface area contributed by atoms with Crippen molar-refractivity contribution in [1.29, 1.82) is 0 Å². The number of hydrogen-bond donors (Lipinski definition) is 1. The topological polar surface area (TPSA) is 38.9 Å². The maximum atomic E-state index is 12.3. The van der Waals surface area contributed by atoms with Crippen LogP contribution >= 0.6 is 15.9 Å². The van der Waals surface area contributed by atoms with Gasteiger partial charge in [-0.25, -0.2) is 13.8 Å². The number of aromatic nitrogens is 1. The molecule has 5 heteroatoms. The normalized spacial score (nSPS) is 10.8. The summed E-state index contributed by atoms with van der Waals surface area (Å²) in [7, 11) is 0. The van der Waals surface area contributed by atoms with Gasteiger partial charge >= 0.3 is 0 Å². The van der Waals surface area contributed by atoms with E-state index < -0.39 is 6.43 Å². The number of nitrogens with two attached hydrogens (primary N) is 1. The van der Waals surface area contributed by atoms with E-state index in [1.165, 1.54) is 6.07 Å². The van der Waals surface area contributed by atoms with E-state index in [2.05, 4.69) is 20.9 Å². The van der Waals surface area contributed by atoms with Crippen molar-refractivity contribution in [1.82, 2.24) is 4.98 Å². The van der Waals surface area contributed by atoms with Crippen LogP contribution in [0.25, 0.3) is 0 Å². The number of rotatable bonds is 2. The van der Waals surface area contributed by atoms with Crippen LogP contribution in [0.4, 0.5) is 14.6 Å². The number of anilines is 1. The smallest absolute Gasteiger partial charge is 0.267 e. The highest BCUT2D eigenvalue weighted by atomic mass is 79.9. The minimum atomic E-state index is -2.56. The summed E-state index contributed by atoms with van der Waals surface area (Å²) in [5.74, 6) is -0.0879. The molecule has 1 aromatic rings. The van der Waals surface area contributed by atoms with Crippen molar-refractivity contribution in [2.24, 2.45) is 0 Å². The van der Waals surface area contributed by atoms with Crippen LogP contribution in [-0.2, 0) is 5.33 Å². The fraction of sp³-hybridized carbons (Fsp3) is 0.375. The lowest BCUT2D eigenvalue weighted by molar-refractivity contribution is 0.152. The van der Waals surface area contributed by atoms with Crippen LogP contribution in [-0.4, -0.2) is 4.98 Å². The van der Waals surface area contributed by atoms with Crippen LogP contribution in [0.3, 0.4) is 0 Å². The third kappa shape index (κ3) is 2.15. The molecule has 0 saturated heterocycles. The van der Waals surface area contributed by atoms with Gasteiger partial charge in [-0.3, -0.25) is 0 Å². The molecule has 0 aliphatic heterocycles. The van der Waals surface area contributed by atoms with E-state index in [1.807, 2.05) is 0 Å². The molecular formula is C8H9BrF2N2. The Morgan fingerprint density at radius 1 is 1.62 bits per heavy atom. The number of hydrogen-bond acceptors (Lipinski definition) is 2. The number of aryl methyl sites for hydroxylation is 1. The Labute approximate surface area is 83.3 Å². The van der Waals surface area contributed by atoms with Crippen molar-refractivity contribution >= 4 is 21.7 Å². The summed E-state index contributed by atoms with van der Waals surface area (Å²) >= 11 is 3.20. The predicted molar refractivity (Wildman–Crippen MR) is 51.0 cm³/mol. The van der Waals surface area contributed by atoms with Gasteiger partial charge < -0.3 is 5.73 Å². The third-order valence-corrected chi connectivity index (χ3v) is 2.27. The summed E-state index contributed by atoms with van der Waals surface area (Å²) in [5, 5.41) is 0.520. The lowest BCUT2D eigenvalue weighted by Gasteiger charge is -2.07. The molecule has 72 valence electrons. The maximum absolute atomic E-state index is 12.3. The highest BCUT2D eigenvalue weighted by Crippen LogP contribution is 2.26. The highest BCUT2D eigenvalue weighted by molar-refractivity contribution is 9.08. The zero-order valence-corrected chi connectivity index (χ0v) is 8.61. The summed E-state index contributed by atoms with van der Waals surface area (Å²) in [6.45, 7) is 1.73. The second kappa shape index (κ2) is 4.00. The molecule has 0 atom stereocenters. The van der Waals surface area contributed by atoms with Gasteiger partial charge in [-0.15, -0.1) is 0 Å². The van der Waals surface area contributed by atoms with Crippen LogP contribution in [0, 0.1) is 6.92 Å². The largest absolute Gasteiger partial charge is 0.383 e. The molecule has 1 rings (SSSR count). The molecule has 1 aromatic heterocycles. The Balaban J connectivity index is 3.20. The van der Waals surface area contributed by atoms with Gasteiger partial charge in [-0.2, -0.15) is 0 Å². The lowest BCUT2D eigenvalue weighted by atomic mass is 10.1. The van der Waals surface area contributed by atoms with E-state index in [4.69, 9.17) is 5.73 Å². The Bertz CT molecular complexity index is 315. The first-order valence-corrected chi connectivity index (χ1v) is 4.78. The Morgan fingerprint density at radius 3 is 2.69 bits per heavy atom. The Kier molecular flexibility index (Phi) is 3.19. The van der Waals surface area contributed by atoms with E-state index in [-0.39, 0.29) is 11.4 Å². The Hall–Kier alpha value is -0.710. The van der Waals surface area contributed by atoms with Crippen molar-refractivity contribution in [3.8, 4) is 0 Å². The number of nitrogen functional groups attached to an aromatic ring is 1. The molecule has 2 N–H and O–H groups in total. The van der Waals surface area contributed by atoms with Crippen molar-refractivity contribution in [3.63, 3.8) is 0 Å². The molecule has 0 fully saturated rings. The maximum Gasteiger partial charge on any atom is 0.267 e. The van der Waals surface area contributed by atoms with Crippen LogP contribution in [0.2, 0.25) is 0 Å². The third-order valence-electron chi connectivity index (χ3n) is 1.74. The average Bonchev–Trinajstić information content (AvgIpc) is 2.07. The van der Waals surface area contributed by atoms with Gasteiger partial charge in [0.25, 0.3) is 6.43 Å². The number of nitrogens with zero attached hydrogens (tertiary/aromatic N) is 1. The minimum absolute atomic E-state index is 0.0879. The van der Waals surface area contributed by atoms with E-state index in [0.717, 1.165) is 5.56 Å². The van der Waals surface area contributed by atoms with Crippen molar-refractivity contribution < 1.29 is 8.78 Å². The number of pyridine rings is 1. The van der Waals surface area contributed by atoms with Gasteiger partial charge in [0.2, 0.25) is 0 Å². The predicted octanol–water partition coefficient (Wildman–Crippen LogP) is 2.80. The van der Waals surface area contributed by atoms with Crippen LogP contribution in [0.1, 0.15) is 23.2 Å². The summed E-state index contributed by atoms with van der Waals surface area (Å²) in [6.07, 6.45) is -2.56. The number of alkyl halides is 3. The van der Waals surface area contributed by atoms with Gasteiger partial charge in [0, 0.05) is 5.33 Å². The summed E-state index contributed by atoms with van der Waals surface area (Å²) in [5.41, 5.74) is 6.58. The van der Waals surface area contributed by atoms with Gasteiger partial charge in [0.05, 0.1) is 11.3 Å². The molecule has 1 heterocycles. The zero-order valence-electron chi connectivity index (χ0n) is 7.02. The first-order chi connectivity index (χ1) is 6.06. The molecule has 2 nitrogen and oxygen atoms in total. The summed E-state index contributed by atoms with van der Waals surface area (Å²) in [6, 6.07) is 1.38. The second-order valence-corrected chi connectivity index (χ2v) is 3.22. The highest BCUT2D eigenvalue weighted by Gasteiger charge is 2.14. The molecule has 0 aliphatic rings. The van der Waals surface area contributed by atoms with Gasteiger partial charge in [-0.05, 0) is 18.6 Å². The SMILES string of the molecule is Cc1cc(C(F)F)c(N)nc1CBr. The summed E-state index contributed by atoms with van der Waals surface area (Å²) in [4.78, 5) is 3.86. The molecular weight excluding hydrogens is 242 g/mol. The molecule has 0 bridgehead atoms. The van der Waals surface area contributed by atoms with Crippen LogP contribution in [0.5, 0.6) is 0 Å². The van der Waals surface area contributed by atoms with Crippen molar-refractivity contribution in [3.05, 3.63) is 22.9 Å². The zero-order chi connectivity index (χ0) is 10.0. The molecule has 0 unspecified atom stereocenters. The summed E-state index contributed by atoms with van der Waals surface area (Å²) < 4.78 is 24.6. The van der Waals surface area contributed by atoms with E-state index in [9.17, 15) is 8.78 Å². The minimum Gasteiger partial charge on any atom is -0.383 e. The molecule has 0 amide bonds.